The van der Waals surface area contributed by atoms with Crippen molar-refractivity contribution in [3.63, 3.8) is 0 Å². The maximum Gasteiger partial charge on any atom is 0.0363 e. The summed E-state index contributed by atoms with van der Waals surface area (Å²) in [5.74, 6) is 1.20. The Morgan fingerprint density at radius 3 is 3.00 bits per heavy atom. The quantitative estimate of drug-likeness (QED) is 0.770. The average Bonchev–Trinajstić information content (AvgIpc) is 2.59. The zero-order valence-electron chi connectivity index (χ0n) is 8.49. The van der Waals surface area contributed by atoms with Crippen molar-refractivity contribution < 1.29 is 0 Å². The maximum absolute atomic E-state index is 5.93. The van der Waals surface area contributed by atoms with Crippen LogP contribution >= 0.6 is 11.8 Å². The number of benzene rings is 1. The Labute approximate surface area is 89.5 Å². The number of hydrogen-bond donors (Lipinski definition) is 1. The first-order valence-electron chi connectivity index (χ1n) is 4.89. The Hall–Kier alpha value is -0.670. The van der Waals surface area contributed by atoms with Crippen molar-refractivity contribution in [3.05, 3.63) is 29.3 Å². The molecule has 1 aliphatic rings. The van der Waals surface area contributed by atoms with Gasteiger partial charge < -0.3 is 5.73 Å². The highest BCUT2D eigenvalue weighted by Gasteiger charge is 2.19. The first-order chi connectivity index (χ1) is 6.81. The molecule has 0 radical (unpaired) electrons. The molecule has 0 saturated carbocycles. The summed E-state index contributed by atoms with van der Waals surface area (Å²) in [5.41, 5.74) is 9.63. The van der Waals surface area contributed by atoms with Gasteiger partial charge >= 0.3 is 0 Å². The topological polar surface area (TPSA) is 29.3 Å². The smallest absolute Gasteiger partial charge is 0.0363 e. The minimum Gasteiger partial charge on any atom is -0.398 e. The van der Waals surface area contributed by atoms with E-state index >= 15 is 0 Å². The van der Waals surface area contributed by atoms with E-state index in [9.17, 15) is 0 Å². The van der Waals surface area contributed by atoms with E-state index in [1.165, 1.54) is 16.9 Å². The van der Waals surface area contributed by atoms with Crippen LogP contribution in [0.2, 0.25) is 0 Å². The zero-order chi connectivity index (χ0) is 9.97. The summed E-state index contributed by atoms with van der Waals surface area (Å²) in [6.45, 7) is 3.26. The van der Waals surface area contributed by atoms with Gasteiger partial charge in [-0.15, -0.1) is 0 Å². The molecule has 3 heteroatoms. The Kier molecular flexibility index (Phi) is 2.99. The summed E-state index contributed by atoms with van der Waals surface area (Å²) in [5, 5.41) is 0. The summed E-state index contributed by atoms with van der Waals surface area (Å²) in [4.78, 5) is 2.46. The van der Waals surface area contributed by atoms with Gasteiger partial charge in [-0.2, -0.15) is 11.8 Å². The van der Waals surface area contributed by atoms with E-state index in [2.05, 4.69) is 17.2 Å². The highest BCUT2D eigenvalue weighted by atomic mass is 32.2. The van der Waals surface area contributed by atoms with E-state index in [4.69, 9.17) is 5.73 Å². The van der Waals surface area contributed by atoms with Gasteiger partial charge in [0.1, 0.15) is 0 Å². The lowest BCUT2D eigenvalue weighted by Crippen LogP contribution is -2.19. The van der Waals surface area contributed by atoms with Gasteiger partial charge in [0.05, 0.1) is 0 Å². The van der Waals surface area contributed by atoms with Gasteiger partial charge in [0.15, 0.2) is 0 Å². The molecule has 0 atom stereocenters. The summed E-state index contributed by atoms with van der Waals surface area (Å²) in [6, 6.07) is 6.23. The van der Waals surface area contributed by atoms with Crippen molar-refractivity contribution in [2.75, 3.05) is 24.3 Å². The zero-order valence-corrected chi connectivity index (χ0v) is 9.31. The molecule has 0 fully saturated rings. The highest BCUT2D eigenvalue weighted by Crippen LogP contribution is 2.27. The predicted molar refractivity (Wildman–Crippen MR) is 63.4 cm³/mol. The van der Waals surface area contributed by atoms with Gasteiger partial charge in [-0.3, -0.25) is 4.90 Å². The number of thioether (sulfide) groups is 1. The molecule has 2 rings (SSSR count). The minimum absolute atomic E-state index is 0.953. The average molecular weight is 208 g/mol. The molecule has 0 bridgehead atoms. The molecule has 1 aromatic carbocycles. The van der Waals surface area contributed by atoms with Crippen molar-refractivity contribution in [1.29, 1.82) is 0 Å². The molecule has 0 aromatic heterocycles. The molecule has 2 nitrogen and oxygen atoms in total. The van der Waals surface area contributed by atoms with Crippen LogP contribution in [0.3, 0.4) is 0 Å². The predicted octanol–water partition coefficient (Wildman–Crippen LogP) is 1.95. The van der Waals surface area contributed by atoms with Crippen LogP contribution in [0, 0.1) is 0 Å². The molecule has 0 spiro atoms. The van der Waals surface area contributed by atoms with Crippen molar-refractivity contribution in [2.24, 2.45) is 0 Å². The Morgan fingerprint density at radius 2 is 2.29 bits per heavy atom. The third-order valence-electron chi connectivity index (χ3n) is 2.70. The van der Waals surface area contributed by atoms with Gasteiger partial charge in [-0.05, 0) is 23.4 Å². The third-order valence-corrected chi connectivity index (χ3v) is 3.29. The fraction of sp³-hybridized carbons (Fsp3) is 0.455. The molecule has 1 aliphatic heterocycles. The molecule has 14 heavy (non-hydrogen) atoms. The summed E-state index contributed by atoms with van der Waals surface area (Å²) in [6.07, 6.45) is 2.15. The largest absolute Gasteiger partial charge is 0.398 e. The summed E-state index contributed by atoms with van der Waals surface area (Å²) < 4.78 is 0. The molecule has 0 aliphatic carbocycles. The number of nitrogens with zero attached hydrogens (tertiary/aromatic N) is 1. The lowest BCUT2D eigenvalue weighted by Gasteiger charge is -2.13. The second-order valence-corrected chi connectivity index (χ2v) is 4.67. The molecule has 76 valence electrons. The Balaban J connectivity index is 2.06. The molecular weight excluding hydrogens is 192 g/mol. The number of nitrogens with two attached hydrogens (primary N) is 1. The van der Waals surface area contributed by atoms with Crippen LogP contribution in [0.25, 0.3) is 0 Å². The van der Waals surface area contributed by atoms with E-state index in [0.717, 1.165) is 25.3 Å². The second-order valence-electron chi connectivity index (χ2n) is 3.69. The number of anilines is 1. The molecule has 0 amide bonds. The molecule has 0 unspecified atom stereocenters. The van der Waals surface area contributed by atoms with Crippen molar-refractivity contribution in [3.8, 4) is 0 Å². The van der Waals surface area contributed by atoms with Crippen LogP contribution in [0.4, 0.5) is 5.69 Å². The Bertz CT molecular complexity index is 325. The summed E-state index contributed by atoms with van der Waals surface area (Å²) >= 11 is 1.90. The lowest BCUT2D eigenvalue weighted by atomic mass is 10.1. The van der Waals surface area contributed by atoms with Gasteiger partial charge in [0.2, 0.25) is 0 Å². The van der Waals surface area contributed by atoms with Gasteiger partial charge in [0.25, 0.3) is 0 Å². The first-order valence-corrected chi connectivity index (χ1v) is 6.28. The number of hydrogen-bond acceptors (Lipinski definition) is 3. The normalized spacial score (nSPS) is 15.8. The van der Waals surface area contributed by atoms with Crippen LogP contribution in [0.1, 0.15) is 11.1 Å². The fourth-order valence-corrected chi connectivity index (χ4v) is 2.34. The first kappa shape index (κ1) is 9.87. The van der Waals surface area contributed by atoms with Crippen LogP contribution < -0.4 is 5.73 Å². The SMILES string of the molecule is CSCCN1Cc2cccc(N)c2C1. The van der Waals surface area contributed by atoms with Gasteiger partial charge in [-0.25, -0.2) is 0 Å². The van der Waals surface area contributed by atoms with Crippen LogP contribution in [0.5, 0.6) is 0 Å². The highest BCUT2D eigenvalue weighted by molar-refractivity contribution is 7.98. The molecule has 1 heterocycles. The number of fused-ring (bicyclic) bond motifs is 1. The third kappa shape index (κ3) is 1.88. The second kappa shape index (κ2) is 4.24. The minimum atomic E-state index is 0.953. The van der Waals surface area contributed by atoms with Crippen molar-refractivity contribution in [2.45, 2.75) is 13.1 Å². The van der Waals surface area contributed by atoms with Gasteiger partial charge in [0, 0.05) is 31.1 Å². The van der Waals surface area contributed by atoms with E-state index < -0.39 is 0 Å². The van der Waals surface area contributed by atoms with E-state index in [-0.39, 0.29) is 0 Å². The van der Waals surface area contributed by atoms with E-state index in [1.807, 2.05) is 23.9 Å². The lowest BCUT2D eigenvalue weighted by molar-refractivity contribution is 0.304. The van der Waals surface area contributed by atoms with E-state index in [1.54, 1.807) is 0 Å². The monoisotopic (exact) mass is 208 g/mol. The standard InChI is InChI=1S/C11H16N2S/c1-14-6-5-13-7-9-3-2-4-11(12)10(9)8-13/h2-4H,5-8,12H2,1H3. The summed E-state index contributed by atoms with van der Waals surface area (Å²) in [7, 11) is 0. The number of rotatable bonds is 3. The maximum atomic E-state index is 5.93. The van der Waals surface area contributed by atoms with E-state index in [0.29, 0.717) is 0 Å². The van der Waals surface area contributed by atoms with Crippen molar-refractivity contribution in [1.82, 2.24) is 4.90 Å². The van der Waals surface area contributed by atoms with Crippen LogP contribution in [0.15, 0.2) is 18.2 Å². The van der Waals surface area contributed by atoms with Crippen LogP contribution in [-0.4, -0.2) is 23.5 Å². The van der Waals surface area contributed by atoms with Crippen LogP contribution in [-0.2, 0) is 13.1 Å². The molecule has 0 saturated heterocycles. The van der Waals surface area contributed by atoms with Gasteiger partial charge in [-0.1, -0.05) is 12.1 Å². The van der Waals surface area contributed by atoms with Crippen molar-refractivity contribution >= 4 is 17.4 Å². The molecular formula is C11H16N2S. The molecule has 1 aromatic rings. The number of nitrogen functional groups attached to an aromatic ring is 1. The Morgan fingerprint density at radius 1 is 1.43 bits per heavy atom. The molecule has 2 N–H and O–H groups in total. The fourth-order valence-electron chi connectivity index (χ4n) is 1.89.